The molecule has 1 atom stereocenters. The molecule has 1 heterocycles. The highest BCUT2D eigenvalue weighted by molar-refractivity contribution is 5.85. The summed E-state index contributed by atoms with van der Waals surface area (Å²) in [5, 5.41) is 11.8. The van der Waals surface area contributed by atoms with E-state index in [2.05, 4.69) is 15.0 Å². The van der Waals surface area contributed by atoms with Crippen LogP contribution in [0.4, 0.5) is 0 Å². The fourth-order valence-electron chi connectivity index (χ4n) is 1.82. The van der Waals surface area contributed by atoms with Crippen molar-refractivity contribution in [2.24, 2.45) is 10.9 Å². The maximum atomic E-state index is 8.70. The molecule has 0 aliphatic rings. The van der Waals surface area contributed by atoms with Gasteiger partial charge >= 0.3 is 0 Å². The molecule has 0 saturated carbocycles. The number of rotatable bonds is 6. The predicted molar refractivity (Wildman–Crippen MR) is 68.1 cm³/mol. The van der Waals surface area contributed by atoms with Gasteiger partial charge in [-0.25, -0.2) is 0 Å². The highest BCUT2D eigenvalue weighted by Gasteiger charge is 2.16. The molecule has 3 N–H and O–H groups in total. The standard InChI is InChI=1S/C12H20N4O/c1-3-11(12(13)15-17)16(2)9-6-10-4-7-14-8-5-10/h4-5,7-8,11,17H,3,6,9H2,1-2H3,(H2,13,15). The second-order valence-corrected chi connectivity index (χ2v) is 4.03. The quantitative estimate of drug-likeness (QED) is 0.335. The van der Waals surface area contributed by atoms with Crippen LogP contribution in [0.2, 0.25) is 0 Å². The number of nitrogens with two attached hydrogens (primary N) is 1. The Morgan fingerprint density at radius 3 is 2.71 bits per heavy atom. The summed E-state index contributed by atoms with van der Waals surface area (Å²) in [4.78, 5) is 6.07. The zero-order valence-electron chi connectivity index (χ0n) is 10.4. The Labute approximate surface area is 102 Å². The molecular formula is C12H20N4O. The van der Waals surface area contributed by atoms with Crippen LogP contribution in [-0.2, 0) is 6.42 Å². The largest absolute Gasteiger partial charge is 0.409 e. The average Bonchev–Trinajstić information content (AvgIpc) is 2.38. The minimum Gasteiger partial charge on any atom is -0.409 e. The van der Waals surface area contributed by atoms with Crippen LogP contribution in [0.15, 0.2) is 29.7 Å². The molecule has 0 bridgehead atoms. The SMILES string of the molecule is CCC(C(N)=NO)N(C)CCc1ccncc1. The van der Waals surface area contributed by atoms with Gasteiger partial charge in [-0.05, 0) is 37.6 Å². The maximum absolute atomic E-state index is 8.70. The van der Waals surface area contributed by atoms with E-state index in [9.17, 15) is 0 Å². The van der Waals surface area contributed by atoms with Crippen LogP contribution >= 0.6 is 0 Å². The van der Waals surface area contributed by atoms with Crippen molar-refractivity contribution >= 4 is 5.84 Å². The first-order valence-corrected chi connectivity index (χ1v) is 5.75. The molecule has 0 spiro atoms. The van der Waals surface area contributed by atoms with Crippen LogP contribution in [-0.4, -0.2) is 40.6 Å². The third-order valence-electron chi connectivity index (χ3n) is 2.88. The van der Waals surface area contributed by atoms with Crippen LogP contribution < -0.4 is 5.73 Å². The van der Waals surface area contributed by atoms with Gasteiger partial charge in [0.25, 0.3) is 0 Å². The first-order valence-electron chi connectivity index (χ1n) is 5.75. The summed E-state index contributed by atoms with van der Waals surface area (Å²) < 4.78 is 0. The monoisotopic (exact) mass is 236 g/mol. The fourth-order valence-corrected chi connectivity index (χ4v) is 1.82. The molecule has 1 aromatic heterocycles. The minimum absolute atomic E-state index is 0.0122. The Morgan fingerprint density at radius 2 is 2.18 bits per heavy atom. The molecule has 0 aliphatic heterocycles. The lowest BCUT2D eigenvalue weighted by molar-refractivity contribution is 0.272. The van der Waals surface area contributed by atoms with E-state index in [1.807, 2.05) is 26.1 Å². The summed E-state index contributed by atoms with van der Waals surface area (Å²) in [6.45, 7) is 2.88. The fraction of sp³-hybridized carbons (Fsp3) is 0.500. The van der Waals surface area contributed by atoms with Crippen LogP contribution in [0.3, 0.4) is 0 Å². The molecule has 0 aliphatic carbocycles. The molecule has 0 fully saturated rings. The maximum Gasteiger partial charge on any atom is 0.156 e. The average molecular weight is 236 g/mol. The third-order valence-corrected chi connectivity index (χ3v) is 2.88. The number of aromatic nitrogens is 1. The molecule has 1 aromatic rings. The van der Waals surface area contributed by atoms with E-state index in [1.54, 1.807) is 12.4 Å². The Balaban J connectivity index is 2.51. The lowest BCUT2D eigenvalue weighted by atomic mass is 10.1. The first kappa shape index (κ1) is 13.4. The number of likely N-dealkylation sites (N-methyl/N-ethyl adjacent to an activating group) is 1. The molecule has 1 rings (SSSR count). The molecule has 5 nitrogen and oxygen atoms in total. The van der Waals surface area contributed by atoms with Gasteiger partial charge in [-0.3, -0.25) is 9.88 Å². The number of oxime groups is 1. The van der Waals surface area contributed by atoms with E-state index in [0.717, 1.165) is 19.4 Å². The summed E-state index contributed by atoms with van der Waals surface area (Å²) in [6, 6.07) is 3.98. The summed E-state index contributed by atoms with van der Waals surface area (Å²) in [7, 11) is 1.98. The highest BCUT2D eigenvalue weighted by Crippen LogP contribution is 2.05. The van der Waals surface area contributed by atoms with Crippen molar-refractivity contribution < 1.29 is 5.21 Å². The Kier molecular flexibility index (Phi) is 5.42. The van der Waals surface area contributed by atoms with Gasteiger partial charge in [-0.15, -0.1) is 0 Å². The Bertz CT molecular complexity index is 353. The van der Waals surface area contributed by atoms with Gasteiger partial charge in [0.15, 0.2) is 5.84 Å². The van der Waals surface area contributed by atoms with Gasteiger partial charge in [0.05, 0.1) is 6.04 Å². The van der Waals surface area contributed by atoms with E-state index in [0.29, 0.717) is 0 Å². The molecule has 5 heteroatoms. The normalized spacial score (nSPS) is 13.9. The Morgan fingerprint density at radius 1 is 1.53 bits per heavy atom. The molecule has 0 aromatic carbocycles. The van der Waals surface area contributed by atoms with Gasteiger partial charge in [0.2, 0.25) is 0 Å². The molecule has 0 saturated heterocycles. The van der Waals surface area contributed by atoms with Gasteiger partial charge in [-0.1, -0.05) is 12.1 Å². The van der Waals surface area contributed by atoms with Crippen molar-refractivity contribution in [3.05, 3.63) is 30.1 Å². The third kappa shape index (κ3) is 4.03. The van der Waals surface area contributed by atoms with Gasteiger partial charge in [0.1, 0.15) is 0 Å². The molecule has 94 valence electrons. The van der Waals surface area contributed by atoms with Crippen molar-refractivity contribution in [2.75, 3.05) is 13.6 Å². The summed E-state index contributed by atoms with van der Waals surface area (Å²) in [5.74, 6) is 0.268. The van der Waals surface area contributed by atoms with Gasteiger partial charge in [0, 0.05) is 18.9 Å². The number of hydrogen-bond acceptors (Lipinski definition) is 4. The van der Waals surface area contributed by atoms with Crippen molar-refractivity contribution in [2.45, 2.75) is 25.8 Å². The van der Waals surface area contributed by atoms with E-state index >= 15 is 0 Å². The topological polar surface area (TPSA) is 74.7 Å². The van der Waals surface area contributed by atoms with Gasteiger partial charge in [-0.2, -0.15) is 0 Å². The van der Waals surface area contributed by atoms with Crippen molar-refractivity contribution in [1.82, 2.24) is 9.88 Å². The van der Waals surface area contributed by atoms with E-state index in [1.165, 1.54) is 5.56 Å². The lowest BCUT2D eigenvalue weighted by Gasteiger charge is -2.25. The van der Waals surface area contributed by atoms with Crippen molar-refractivity contribution in [1.29, 1.82) is 0 Å². The van der Waals surface area contributed by atoms with Gasteiger partial charge < -0.3 is 10.9 Å². The smallest absolute Gasteiger partial charge is 0.156 e. The Hall–Kier alpha value is -1.62. The van der Waals surface area contributed by atoms with E-state index in [4.69, 9.17) is 10.9 Å². The van der Waals surface area contributed by atoms with Crippen molar-refractivity contribution in [3.63, 3.8) is 0 Å². The second-order valence-electron chi connectivity index (χ2n) is 4.03. The van der Waals surface area contributed by atoms with Crippen molar-refractivity contribution in [3.8, 4) is 0 Å². The second kappa shape index (κ2) is 6.85. The highest BCUT2D eigenvalue weighted by atomic mass is 16.4. The van der Waals surface area contributed by atoms with Crippen LogP contribution in [0, 0.1) is 0 Å². The number of pyridine rings is 1. The van der Waals surface area contributed by atoms with E-state index in [-0.39, 0.29) is 11.9 Å². The lowest BCUT2D eigenvalue weighted by Crippen LogP contribution is -2.43. The molecule has 0 radical (unpaired) electrons. The molecule has 1 unspecified atom stereocenters. The van der Waals surface area contributed by atoms with Crippen LogP contribution in [0.1, 0.15) is 18.9 Å². The zero-order valence-corrected chi connectivity index (χ0v) is 10.4. The van der Waals surface area contributed by atoms with Crippen LogP contribution in [0.25, 0.3) is 0 Å². The first-order chi connectivity index (χ1) is 8.19. The van der Waals surface area contributed by atoms with Crippen LogP contribution in [0.5, 0.6) is 0 Å². The molecule has 17 heavy (non-hydrogen) atoms. The molecule has 0 amide bonds. The zero-order chi connectivity index (χ0) is 12.7. The number of nitrogens with zero attached hydrogens (tertiary/aromatic N) is 3. The minimum atomic E-state index is -0.0122. The number of hydrogen-bond donors (Lipinski definition) is 2. The summed E-state index contributed by atoms with van der Waals surface area (Å²) in [5.41, 5.74) is 6.88. The predicted octanol–water partition coefficient (Wildman–Crippen LogP) is 1.08. The molecular weight excluding hydrogens is 216 g/mol. The van der Waals surface area contributed by atoms with E-state index < -0.39 is 0 Å². The number of amidine groups is 1. The summed E-state index contributed by atoms with van der Waals surface area (Å²) in [6.07, 6.45) is 5.32. The summed E-state index contributed by atoms with van der Waals surface area (Å²) >= 11 is 0.